The molecular formula is C44H46ClN7O7. The van der Waals surface area contributed by atoms with Gasteiger partial charge in [-0.25, -0.2) is 0 Å². The minimum Gasteiger partial charge on any atom is -0.489 e. The molecule has 2 N–H and O–H groups in total. The Bertz CT molecular complexity index is 2300. The number of rotatable bonds is 8. The van der Waals surface area contributed by atoms with Gasteiger partial charge in [0.25, 0.3) is 17.7 Å². The van der Waals surface area contributed by atoms with Crippen LogP contribution in [0.4, 0.5) is 11.4 Å². The fourth-order valence-electron chi connectivity index (χ4n) is 9.93. The molecule has 0 bridgehead atoms. The number of hydrogen-bond donors (Lipinski definition) is 2. The van der Waals surface area contributed by atoms with E-state index in [1.807, 2.05) is 29.2 Å². The van der Waals surface area contributed by atoms with Crippen molar-refractivity contribution in [3.63, 3.8) is 0 Å². The van der Waals surface area contributed by atoms with Crippen LogP contribution in [0.2, 0.25) is 5.02 Å². The first-order valence-electron chi connectivity index (χ1n) is 20.0. The lowest BCUT2D eigenvalue weighted by atomic mass is 9.49. The zero-order valence-corrected chi connectivity index (χ0v) is 34.2. The number of amides is 6. The summed E-state index contributed by atoms with van der Waals surface area (Å²) in [6.07, 6.45) is 0.658. The number of imide groups is 2. The Hall–Kier alpha value is -5.94. The number of halogens is 1. The molecule has 0 radical (unpaired) electrons. The summed E-state index contributed by atoms with van der Waals surface area (Å²) in [4.78, 5) is 84.9. The van der Waals surface area contributed by atoms with Gasteiger partial charge in [0.05, 0.1) is 27.6 Å². The van der Waals surface area contributed by atoms with E-state index in [4.69, 9.17) is 16.3 Å². The van der Waals surface area contributed by atoms with Gasteiger partial charge in [0, 0.05) is 85.6 Å². The monoisotopic (exact) mass is 819 g/mol. The Kier molecular flexibility index (Phi) is 10.1. The van der Waals surface area contributed by atoms with Gasteiger partial charge in [0.15, 0.2) is 0 Å². The van der Waals surface area contributed by atoms with E-state index >= 15 is 0 Å². The molecule has 0 spiro atoms. The number of nitrogens with zero attached hydrogens (tertiary/aromatic N) is 5. The van der Waals surface area contributed by atoms with Gasteiger partial charge in [0.1, 0.15) is 24.0 Å². The number of piperazine rings is 1. The predicted octanol–water partition coefficient (Wildman–Crippen LogP) is 4.40. The summed E-state index contributed by atoms with van der Waals surface area (Å²) in [6.45, 7) is 11.7. The normalized spacial score (nSPS) is 24.6. The van der Waals surface area contributed by atoms with Crippen molar-refractivity contribution >= 4 is 58.4 Å². The van der Waals surface area contributed by atoms with Gasteiger partial charge in [-0.1, -0.05) is 39.3 Å². The second-order valence-electron chi connectivity index (χ2n) is 17.3. The minimum atomic E-state index is -1.02. The van der Waals surface area contributed by atoms with E-state index in [1.165, 1.54) is 0 Å². The van der Waals surface area contributed by atoms with Crippen LogP contribution in [-0.2, 0) is 14.4 Å². The summed E-state index contributed by atoms with van der Waals surface area (Å²) >= 11 is 6.24. The predicted molar refractivity (Wildman–Crippen MR) is 218 cm³/mol. The number of benzene rings is 3. The largest absolute Gasteiger partial charge is 0.489 e. The molecule has 15 heteroatoms. The molecule has 4 fully saturated rings. The Morgan fingerprint density at radius 2 is 1.51 bits per heavy atom. The highest BCUT2D eigenvalue weighted by molar-refractivity contribution is 6.31. The van der Waals surface area contributed by atoms with Gasteiger partial charge in [-0.15, -0.1) is 0 Å². The smallest absolute Gasteiger partial charge is 0.262 e. The van der Waals surface area contributed by atoms with E-state index < -0.39 is 40.5 Å². The Balaban J connectivity index is 0.826. The number of anilines is 2. The van der Waals surface area contributed by atoms with Gasteiger partial charge in [-0.05, 0) is 67.4 Å². The van der Waals surface area contributed by atoms with Crippen molar-refractivity contribution in [2.24, 2.45) is 16.7 Å². The van der Waals surface area contributed by atoms with Crippen LogP contribution >= 0.6 is 11.6 Å². The lowest BCUT2D eigenvalue weighted by molar-refractivity contribution is -0.164. The van der Waals surface area contributed by atoms with Crippen molar-refractivity contribution in [1.29, 1.82) is 5.26 Å². The molecule has 4 aliphatic heterocycles. The number of carbonyl (C=O) groups is 6. The lowest BCUT2D eigenvalue weighted by Gasteiger charge is -2.63. The number of ether oxygens (including phenoxy) is 1. The van der Waals surface area contributed by atoms with Crippen molar-refractivity contribution in [3.05, 3.63) is 87.9 Å². The summed E-state index contributed by atoms with van der Waals surface area (Å²) in [7, 11) is 0. The van der Waals surface area contributed by atoms with Crippen LogP contribution in [0.15, 0.2) is 60.7 Å². The Labute approximate surface area is 347 Å². The second kappa shape index (κ2) is 15.0. The second-order valence-corrected chi connectivity index (χ2v) is 17.7. The van der Waals surface area contributed by atoms with Crippen LogP contribution in [0, 0.1) is 28.1 Å². The molecule has 306 valence electrons. The molecule has 14 nitrogen and oxygen atoms in total. The molecule has 1 aliphatic carbocycles. The number of fused-ring (bicyclic) bond motifs is 1. The van der Waals surface area contributed by atoms with Gasteiger partial charge in [-0.3, -0.25) is 39.0 Å². The zero-order valence-electron chi connectivity index (χ0n) is 33.4. The van der Waals surface area contributed by atoms with E-state index in [1.54, 1.807) is 36.4 Å². The van der Waals surface area contributed by atoms with Crippen LogP contribution in [0.5, 0.6) is 5.75 Å². The van der Waals surface area contributed by atoms with Crippen molar-refractivity contribution < 1.29 is 33.5 Å². The van der Waals surface area contributed by atoms with Gasteiger partial charge >= 0.3 is 0 Å². The number of nitrogens with one attached hydrogen (secondary N) is 2. The summed E-state index contributed by atoms with van der Waals surface area (Å²) < 4.78 is 6.36. The average molecular weight is 820 g/mol. The molecule has 1 unspecified atom stereocenters. The molecule has 3 aromatic carbocycles. The standard InChI is InChI=1S/C44H46ClN7O7/c1-43(2)41(44(3,4)42(43)59-30-11-7-26(23-46)33(45)22-30)48-36(54)25-5-8-28(9-6-25)51-16-15-27(24-51)38(56)50-19-17-49(18-20-50)29-10-12-31-32(21-29)40(58)52(39(31)57)34-13-14-35(53)47-37(34)55/h5-12,21-22,27,34,41-42H,13-20,24H2,1-4H3,(H,48,54)(H,47,53,55)/t27-,34?,41?,42?/m1/s1. The summed E-state index contributed by atoms with van der Waals surface area (Å²) in [6, 6.07) is 18.5. The van der Waals surface area contributed by atoms with E-state index in [0.717, 1.165) is 29.2 Å². The van der Waals surface area contributed by atoms with Gasteiger partial charge in [0.2, 0.25) is 17.7 Å². The molecule has 3 saturated heterocycles. The van der Waals surface area contributed by atoms with Crippen molar-refractivity contribution in [1.82, 2.24) is 20.4 Å². The van der Waals surface area contributed by atoms with E-state index in [0.29, 0.717) is 54.6 Å². The first-order chi connectivity index (χ1) is 28.1. The molecule has 6 amide bonds. The molecule has 59 heavy (non-hydrogen) atoms. The van der Waals surface area contributed by atoms with Crippen molar-refractivity contribution in [2.45, 2.75) is 65.1 Å². The van der Waals surface area contributed by atoms with Gasteiger partial charge in [-0.2, -0.15) is 5.26 Å². The van der Waals surface area contributed by atoms with Gasteiger partial charge < -0.3 is 24.8 Å². The van der Waals surface area contributed by atoms with Crippen molar-refractivity contribution in [2.75, 3.05) is 49.1 Å². The number of piperidine rings is 1. The maximum atomic E-state index is 13.7. The SMILES string of the molecule is CC1(C)C(NC(=O)c2ccc(N3CC[C@@H](C(=O)N4CCN(c5ccc6c(c5)C(=O)N(C5CCC(=O)NC5=O)C6=O)CC4)C3)cc2)C(C)(C)C1Oc1ccc(C#N)c(Cl)c1. The number of carbonyl (C=O) groups excluding carboxylic acids is 6. The molecule has 5 aliphatic rings. The quantitative estimate of drug-likeness (QED) is 0.311. The average Bonchev–Trinajstić information content (AvgIpc) is 3.81. The first-order valence-corrected chi connectivity index (χ1v) is 20.4. The highest BCUT2D eigenvalue weighted by Gasteiger charge is 2.64. The van der Waals surface area contributed by atoms with Crippen LogP contribution in [0.25, 0.3) is 0 Å². The highest BCUT2D eigenvalue weighted by atomic mass is 35.5. The lowest BCUT2D eigenvalue weighted by Crippen LogP contribution is -2.74. The fraction of sp³-hybridized carbons (Fsp3) is 0.432. The number of nitriles is 1. The molecule has 4 heterocycles. The van der Waals surface area contributed by atoms with Crippen LogP contribution in [-0.4, -0.2) is 103 Å². The van der Waals surface area contributed by atoms with E-state index in [2.05, 4.69) is 54.2 Å². The molecule has 0 aromatic heterocycles. The maximum absolute atomic E-state index is 13.7. The summed E-state index contributed by atoms with van der Waals surface area (Å²) in [5, 5.41) is 15.0. The Morgan fingerprint density at radius 1 is 0.831 bits per heavy atom. The third-order valence-corrected chi connectivity index (χ3v) is 13.2. The molecule has 1 saturated carbocycles. The van der Waals surface area contributed by atoms with E-state index in [9.17, 15) is 34.0 Å². The first kappa shape index (κ1) is 39.9. The molecular weight excluding hydrogens is 774 g/mol. The molecule has 3 aromatic rings. The minimum absolute atomic E-state index is 0.0580. The Morgan fingerprint density at radius 3 is 2.17 bits per heavy atom. The topological polar surface area (TPSA) is 172 Å². The third-order valence-electron chi connectivity index (χ3n) is 12.8. The number of hydrogen-bond acceptors (Lipinski definition) is 10. The molecule has 2 atom stereocenters. The molecule has 8 rings (SSSR count). The van der Waals surface area contributed by atoms with Crippen LogP contribution in [0.3, 0.4) is 0 Å². The summed E-state index contributed by atoms with van der Waals surface area (Å²) in [5.41, 5.74) is 2.31. The van der Waals surface area contributed by atoms with Crippen LogP contribution < -0.4 is 25.2 Å². The van der Waals surface area contributed by atoms with Crippen LogP contribution in [0.1, 0.15) is 83.6 Å². The zero-order chi connectivity index (χ0) is 42.0. The maximum Gasteiger partial charge on any atom is 0.262 e. The fourth-order valence-corrected chi connectivity index (χ4v) is 10.1. The van der Waals surface area contributed by atoms with E-state index in [-0.39, 0.29) is 53.8 Å². The highest BCUT2D eigenvalue weighted by Crippen LogP contribution is 2.55. The summed E-state index contributed by atoms with van der Waals surface area (Å²) in [5.74, 6) is -1.81. The third kappa shape index (κ3) is 7.05. The van der Waals surface area contributed by atoms with Crippen molar-refractivity contribution in [3.8, 4) is 11.8 Å².